The van der Waals surface area contributed by atoms with E-state index in [1.165, 1.54) is 19.3 Å². The van der Waals surface area contributed by atoms with E-state index in [0.717, 1.165) is 50.9 Å². The number of ketones is 1. The number of hydrogen-bond donors (Lipinski definition) is 0. The molecule has 1 fully saturated rings. The Hall–Kier alpha value is -0.860. The quantitative estimate of drug-likeness (QED) is 0.346. The maximum absolute atomic E-state index is 12.4. The highest BCUT2D eigenvalue weighted by molar-refractivity contribution is 5.81. The minimum absolute atomic E-state index is 0.111. The van der Waals surface area contributed by atoms with E-state index in [0.29, 0.717) is 23.5 Å². The summed E-state index contributed by atoms with van der Waals surface area (Å²) in [7, 11) is 0. The van der Waals surface area contributed by atoms with Crippen LogP contribution in [0, 0.1) is 17.3 Å². The van der Waals surface area contributed by atoms with Gasteiger partial charge in [-0.2, -0.15) is 0 Å². The first-order valence-corrected chi connectivity index (χ1v) is 10.7. The number of unbranched alkanes of at least 4 members (excludes halogenated alkanes) is 3. The molecule has 1 aliphatic rings. The first-order chi connectivity index (χ1) is 12.0. The first-order valence-electron chi connectivity index (χ1n) is 10.7. The molecular formula is C23H42O3. The lowest BCUT2D eigenvalue weighted by Gasteiger charge is -2.32. The minimum atomic E-state index is -0.393. The molecule has 0 spiro atoms. The van der Waals surface area contributed by atoms with Crippen LogP contribution in [0.4, 0.5) is 0 Å². The summed E-state index contributed by atoms with van der Waals surface area (Å²) in [6.45, 7) is 12.6. The molecule has 0 saturated heterocycles. The zero-order chi connectivity index (χ0) is 19.8. The van der Waals surface area contributed by atoms with Crippen LogP contribution in [0.5, 0.6) is 0 Å². The van der Waals surface area contributed by atoms with Crippen molar-refractivity contribution in [1.29, 1.82) is 0 Å². The largest absolute Gasteiger partial charge is 0.460 e. The molecule has 0 N–H and O–H groups in total. The Morgan fingerprint density at radius 1 is 0.808 bits per heavy atom. The van der Waals surface area contributed by atoms with Crippen LogP contribution in [0.3, 0.4) is 0 Å². The highest BCUT2D eigenvalue weighted by atomic mass is 16.6. The van der Waals surface area contributed by atoms with Gasteiger partial charge in [-0.25, -0.2) is 0 Å². The second kappa shape index (κ2) is 10.5. The van der Waals surface area contributed by atoms with Crippen molar-refractivity contribution >= 4 is 11.8 Å². The molecule has 1 rings (SSSR count). The number of rotatable bonds is 9. The standard InChI is InChI=1S/C23H42O3/c1-22(2,3)17-18-13-15-19(16-14-18)20(24)11-9-7-8-10-12-21(25)26-23(4,5)6/h18-19H,7-17H2,1-6H3. The Morgan fingerprint density at radius 3 is 1.85 bits per heavy atom. The summed E-state index contributed by atoms with van der Waals surface area (Å²) in [6.07, 6.45) is 11.0. The summed E-state index contributed by atoms with van der Waals surface area (Å²) in [6, 6.07) is 0. The third kappa shape index (κ3) is 11.0. The van der Waals surface area contributed by atoms with Crippen molar-refractivity contribution in [2.45, 2.75) is 118 Å². The van der Waals surface area contributed by atoms with E-state index in [1.54, 1.807) is 0 Å². The van der Waals surface area contributed by atoms with Gasteiger partial charge in [0, 0.05) is 18.8 Å². The van der Waals surface area contributed by atoms with Crippen molar-refractivity contribution in [3.63, 3.8) is 0 Å². The van der Waals surface area contributed by atoms with Gasteiger partial charge in [-0.1, -0.05) is 33.6 Å². The maximum atomic E-state index is 12.4. The fraction of sp³-hybridized carbons (Fsp3) is 0.913. The average Bonchev–Trinajstić information content (AvgIpc) is 2.48. The summed E-state index contributed by atoms with van der Waals surface area (Å²) in [4.78, 5) is 24.1. The topological polar surface area (TPSA) is 43.4 Å². The fourth-order valence-corrected chi connectivity index (χ4v) is 4.07. The van der Waals surface area contributed by atoms with E-state index in [-0.39, 0.29) is 5.97 Å². The normalized spacial score (nSPS) is 21.5. The zero-order valence-corrected chi connectivity index (χ0v) is 18.2. The van der Waals surface area contributed by atoms with E-state index >= 15 is 0 Å². The Labute approximate surface area is 161 Å². The molecule has 0 aromatic heterocycles. The van der Waals surface area contributed by atoms with Crippen molar-refractivity contribution in [1.82, 2.24) is 0 Å². The number of carbonyl (C=O) groups excluding carboxylic acids is 2. The molecule has 0 bridgehead atoms. The highest BCUT2D eigenvalue weighted by Crippen LogP contribution is 2.37. The van der Waals surface area contributed by atoms with E-state index in [9.17, 15) is 9.59 Å². The molecule has 3 nitrogen and oxygen atoms in total. The predicted molar refractivity (Wildman–Crippen MR) is 108 cm³/mol. The molecule has 0 atom stereocenters. The number of ether oxygens (including phenoxy) is 1. The molecule has 1 saturated carbocycles. The lowest BCUT2D eigenvalue weighted by atomic mass is 9.73. The number of Topliss-reactive ketones (excluding diaryl/α,β-unsaturated/α-hetero) is 1. The molecule has 3 heteroatoms. The van der Waals surface area contributed by atoms with Crippen molar-refractivity contribution in [2.24, 2.45) is 17.3 Å². The van der Waals surface area contributed by atoms with Gasteiger partial charge in [-0.05, 0) is 77.0 Å². The van der Waals surface area contributed by atoms with Crippen LogP contribution in [-0.4, -0.2) is 17.4 Å². The summed E-state index contributed by atoms with van der Waals surface area (Å²) in [5.74, 6) is 1.49. The fourth-order valence-electron chi connectivity index (χ4n) is 4.07. The molecule has 0 aromatic carbocycles. The molecule has 0 aliphatic heterocycles. The van der Waals surface area contributed by atoms with E-state index in [2.05, 4.69) is 20.8 Å². The van der Waals surface area contributed by atoms with Crippen LogP contribution in [0.25, 0.3) is 0 Å². The van der Waals surface area contributed by atoms with Crippen molar-refractivity contribution < 1.29 is 14.3 Å². The van der Waals surface area contributed by atoms with E-state index in [4.69, 9.17) is 4.74 Å². The van der Waals surface area contributed by atoms with Gasteiger partial charge in [0.05, 0.1) is 0 Å². The lowest BCUT2D eigenvalue weighted by Crippen LogP contribution is -2.24. The maximum Gasteiger partial charge on any atom is 0.306 e. The molecule has 0 heterocycles. The summed E-state index contributed by atoms with van der Waals surface area (Å²) in [5.41, 5.74) is 0.0101. The average molecular weight is 367 g/mol. The highest BCUT2D eigenvalue weighted by Gasteiger charge is 2.28. The second-order valence-electron chi connectivity index (χ2n) is 10.4. The number of hydrogen-bond acceptors (Lipinski definition) is 3. The van der Waals surface area contributed by atoms with Crippen LogP contribution in [-0.2, 0) is 14.3 Å². The third-order valence-electron chi connectivity index (χ3n) is 5.18. The second-order valence-corrected chi connectivity index (χ2v) is 10.4. The lowest BCUT2D eigenvalue weighted by molar-refractivity contribution is -0.154. The van der Waals surface area contributed by atoms with Crippen LogP contribution < -0.4 is 0 Å². The molecule has 1 aliphatic carbocycles. The molecule has 0 radical (unpaired) electrons. The van der Waals surface area contributed by atoms with E-state index in [1.807, 2.05) is 20.8 Å². The monoisotopic (exact) mass is 366 g/mol. The predicted octanol–water partition coefficient (Wildman–Crippen LogP) is 6.48. The SMILES string of the molecule is CC(C)(C)CC1CCC(C(=O)CCCCCCC(=O)OC(C)(C)C)CC1. The molecule has 152 valence electrons. The van der Waals surface area contributed by atoms with Gasteiger partial charge in [0.1, 0.15) is 11.4 Å². The van der Waals surface area contributed by atoms with Gasteiger partial charge >= 0.3 is 5.97 Å². The van der Waals surface area contributed by atoms with Gasteiger partial charge in [-0.3, -0.25) is 9.59 Å². The van der Waals surface area contributed by atoms with Gasteiger partial charge in [-0.15, -0.1) is 0 Å². The summed E-state index contributed by atoms with van der Waals surface area (Å²) < 4.78 is 5.31. The number of esters is 1. The minimum Gasteiger partial charge on any atom is -0.460 e. The van der Waals surface area contributed by atoms with Crippen LogP contribution in [0.1, 0.15) is 112 Å². The van der Waals surface area contributed by atoms with Gasteiger partial charge < -0.3 is 4.74 Å². The van der Waals surface area contributed by atoms with Crippen LogP contribution in [0.2, 0.25) is 0 Å². The molecule has 0 unspecified atom stereocenters. The summed E-state index contributed by atoms with van der Waals surface area (Å²) >= 11 is 0. The molecular weight excluding hydrogens is 324 g/mol. The van der Waals surface area contributed by atoms with Crippen molar-refractivity contribution in [3.8, 4) is 0 Å². The van der Waals surface area contributed by atoms with Crippen molar-refractivity contribution in [3.05, 3.63) is 0 Å². The smallest absolute Gasteiger partial charge is 0.306 e. The summed E-state index contributed by atoms with van der Waals surface area (Å²) in [5, 5.41) is 0. The van der Waals surface area contributed by atoms with Gasteiger partial charge in [0.25, 0.3) is 0 Å². The first kappa shape index (κ1) is 23.2. The molecule has 0 aromatic rings. The van der Waals surface area contributed by atoms with Crippen molar-refractivity contribution in [2.75, 3.05) is 0 Å². The Morgan fingerprint density at radius 2 is 1.35 bits per heavy atom. The zero-order valence-electron chi connectivity index (χ0n) is 18.2. The number of carbonyl (C=O) groups is 2. The van der Waals surface area contributed by atoms with Gasteiger partial charge in [0.15, 0.2) is 0 Å². The third-order valence-corrected chi connectivity index (χ3v) is 5.18. The van der Waals surface area contributed by atoms with E-state index < -0.39 is 5.60 Å². The molecule has 0 amide bonds. The molecule has 26 heavy (non-hydrogen) atoms. The van der Waals surface area contributed by atoms with Gasteiger partial charge in [0.2, 0.25) is 0 Å². The Bertz CT molecular complexity index is 431. The Kier molecular flexibility index (Phi) is 9.33. The van der Waals surface area contributed by atoms with Crippen LogP contribution in [0.15, 0.2) is 0 Å². The van der Waals surface area contributed by atoms with Crippen LogP contribution >= 0.6 is 0 Å². The Balaban J connectivity index is 2.08.